The molecule has 0 fully saturated rings. The third-order valence-corrected chi connectivity index (χ3v) is 2.76. The number of amides is 1. The molecule has 20 heavy (non-hydrogen) atoms. The van der Waals surface area contributed by atoms with Gasteiger partial charge in [-0.25, -0.2) is 4.79 Å². The lowest BCUT2D eigenvalue weighted by molar-refractivity contribution is -0.139. The number of carboxylic acid groups (broad SMARTS) is 1. The molecule has 2 rings (SSSR count). The Morgan fingerprint density at radius 2 is 2.00 bits per heavy atom. The van der Waals surface area contributed by atoms with Gasteiger partial charge in [0.1, 0.15) is 11.6 Å². The fourth-order valence-electron chi connectivity index (χ4n) is 1.80. The number of hydrogen-bond acceptors (Lipinski definition) is 5. The Labute approximate surface area is 114 Å². The SMILES string of the molecule is O=C(NC(CCO)C(=O)O)c1cccc2nccnc12. The molecule has 7 nitrogen and oxygen atoms in total. The molecular weight excluding hydrogens is 262 g/mol. The third-order valence-electron chi connectivity index (χ3n) is 2.76. The van der Waals surface area contributed by atoms with E-state index in [0.717, 1.165) is 0 Å². The topological polar surface area (TPSA) is 112 Å². The minimum Gasteiger partial charge on any atom is -0.480 e. The molecule has 1 atom stereocenters. The van der Waals surface area contributed by atoms with E-state index < -0.39 is 17.9 Å². The summed E-state index contributed by atoms with van der Waals surface area (Å²) in [6.07, 6.45) is 2.91. The number of aromatic nitrogens is 2. The highest BCUT2D eigenvalue weighted by Crippen LogP contribution is 2.13. The smallest absolute Gasteiger partial charge is 0.326 e. The molecule has 0 saturated heterocycles. The van der Waals surface area contributed by atoms with Gasteiger partial charge in [-0.15, -0.1) is 0 Å². The van der Waals surface area contributed by atoms with Crippen LogP contribution in [0.2, 0.25) is 0 Å². The molecule has 1 heterocycles. The quantitative estimate of drug-likeness (QED) is 0.718. The summed E-state index contributed by atoms with van der Waals surface area (Å²) >= 11 is 0. The van der Waals surface area contributed by atoms with Crippen LogP contribution in [0.1, 0.15) is 16.8 Å². The average molecular weight is 275 g/mol. The van der Waals surface area contributed by atoms with Crippen molar-refractivity contribution in [3.8, 4) is 0 Å². The summed E-state index contributed by atoms with van der Waals surface area (Å²) in [4.78, 5) is 31.2. The van der Waals surface area contributed by atoms with Crippen LogP contribution in [0.4, 0.5) is 0 Å². The first kappa shape index (κ1) is 13.9. The molecule has 7 heteroatoms. The van der Waals surface area contributed by atoms with E-state index in [9.17, 15) is 9.59 Å². The zero-order valence-electron chi connectivity index (χ0n) is 10.5. The average Bonchev–Trinajstić information content (AvgIpc) is 2.46. The van der Waals surface area contributed by atoms with Crippen molar-refractivity contribution in [1.82, 2.24) is 15.3 Å². The molecule has 104 valence electrons. The summed E-state index contributed by atoms with van der Waals surface area (Å²) in [5, 5.41) is 20.1. The van der Waals surface area contributed by atoms with E-state index in [2.05, 4.69) is 15.3 Å². The molecule has 2 aromatic rings. The van der Waals surface area contributed by atoms with E-state index in [-0.39, 0.29) is 18.6 Å². The number of carbonyl (C=O) groups is 2. The van der Waals surface area contributed by atoms with Gasteiger partial charge < -0.3 is 15.5 Å². The van der Waals surface area contributed by atoms with Gasteiger partial charge in [0.05, 0.1) is 11.1 Å². The maximum absolute atomic E-state index is 12.1. The van der Waals surface area contributed by atoms with Crippen molar-refractivity contribution in [3.05, 3.63) is 36.2 Å². The fourth-order valence-corrected chi connectivity index (χ4v) is 1.80. The van der Waals surface area contributed by atoms with Gasteiger partial charge in [-0.05, 0) is 12.1 Å². The van der Waals surface area contributed by atoms with Crippen molar-refractivity contribution in [2.75, 3.05) is 6.61 Å². The second kappa shape index (κ2) is 6.07. The van der Waals surface area contributed by atoms with Gasteiger partial charge in [-0.3, -0.25) is 14.8 Å². The Hall–Kier alpha value is -2.54. The lowest BCUT2D eigenvalue weighted by atomic mass is 10.1. The minimum atomic E-state index is -1.20. The summed E-state index contributed by atoms with van der Waals surface area (Å²) < 4.78 is 0. The first-order chi connectivity index (χ1) is 9.63. The van der Waals surface area contributed by atoms with Gasteiger partial charge in [0.25, 0.3) is 5.91 Å². The summed E-state index contributed by atoms with van der Waals surface area (Å²) in [5.41, 5.74) is 1.20. The molecule has 3 N–H and O–H groups in total. The van der Waals surface area contributed by atoms with Crippen LogP contribution in [0.5, 0.6) is 0 Å². The van der Waals surface area contributed by atoms with Crippen LogP contribution in [0.3, 0.4) is 0 Å². The molecule has 1 amide bonds. The lowest BCUT2D eigenvalue weighted by Gasteiger charge is -2.13. The minimum absolute atomic E-state index is 0.0580. The summed E-state index contributed by atoms with van der Waals surface area (Å²) in [6, 6.07) is 3.76. The maximum atomic E-state index is 12.1. The predicted molar refractivity (Wildman–Crippen MR) is 70.1 cm³/mol. The highest BCUT2D eigenvalue weighted by atomic mass is 16.4. The van der Waals surface area contributed by atoms with Crippen LogP contribution in [-0.4, -0.2) is 44.7 Å². The molecule has 1 aromatic carbocycles. The van der Waals surface area contributed by atoms with Gasteiger partial charge in [-0.2, -0.15) is 0 Å². The largest absolute Gasteiger partial charge is 0.480 e. The normalized spacial score (nSPS) is 12.1. The van der Waals surface area contributed by atoms with Crippen LogP contribution < -0.4 is 5.32 Å². The van der Waals surface area contributed by atoms with Gasteiger partial charge in [0, 0.05) is 25.4 Å². The van der Waals surface area contributed by atoms with E-state index in [0.29, 0.717) is 11.0 Å². The number of nitrogens with one attached hydrogen (secondary N) is 1. The monoisotopic (exact) mass is 275 g/mol. The Balaban J connectivity index is 2.29. The van der Waals surface area contributed by atoms with Gasteiger partial charge in [-0.1, -0.05) is 6.07 Å². The van der Waals surface area contributed by atoms with Gasteiger partial charge >= 0.3 is 5.97 Å². The van der Waals surface area contributed by atoms with Crippen LogP contribution in [0.15, 0.2) is 30.6 Å². The number of carbonyl (C=O) groups excluding carboxylic acids is 1. The van der Waals surface area contributed by atoms with Crippen molar-refractivity contribution in [2.45, 2.75) is 12.5 Å². The number of aliphatic carboxylic acids is 1. The Kier molecular flexibility index (Phi) is 4.21. The Morgan fingerprint density at radius 1 is 1.25 bits per heavy atom. The number of nitrogens with zero attached hydrogens (tertiary/aromatic N) is 2. The lowest BCUT2D eigenvalue weighted by Crippen LogP contribution is -2.41. The number of benzene rings is 1. The molecule has 0 aliphatic heterocycles. The predicted octanol–water partition coefficient (Wildman–Crippen LogP) is 0.195. The van der Waals surface area contributed by atoms with Gasteiger partial charge in [0.2, 0.25) is 0 Å². The number of rotatable bonds is 5. The van der Waals surface area contributed by atoms with Crippen molar-refractivity contribution in [1.29, 1.82) is 0 Å². The highest BCUT2D eigenvalue weighted by Gasteiger charge is 2.21. The van der Waals surface area contributed by atoms with E-state index in [1.165, 1.54) is 12.4 Å². The Bertz CT molecular complexity index is 639. The molecular formula is C13H13N3O4. The standard InChI is InChI=1S/C13H13N3O4/c17-7-4-10(13(19)20)16-12(18)8-2-1-3-9-11(8)15-6-5-14-9/h1-3,5-6,10,17H,4,7H2,(H,16,18)(H,19,20). The molecule has 0 radical (unpaired) electrons. The second-order valence-corrected chi connectivity index (χ2v) is 4.11. The Morgan fingerprint density at radius 3 is 2.70 bits per heavy atom. The zero-order chi connectivity index (χ0) is 14.5. The fraction of sp³-hybridized carbons (Fsp3) is 0.231. The second-order valence-electron chi connectivity index (χ2n) is 4.11. The van der Waals surface area contributed by atoms with Gasteiger partial charge in [0.15, 0.2) is 0 Å². The molecule has 0 bridgehead atoms. The number of carboxylic acids is 1. The number of fused-ring (bicyclic) bond motifs is 1. The van der Waals surface area contributed by atoms with E-state index in [1.807, 2.05) is 0 Å². The molecule has 0 spiro atoms. The summed E-state index contributed by atoms with van der Waals surface area (Å²) in [7, 11) is 0. The molecule has 0 aliphatic rings. The summed E-state index contributed by atoms with van der Waals surface area (Å²) in [5.74, 6) is -1.75. The van der Waals surface area contributed by atoms with Crippen LogP contribution in [-0.2, 0) is 4.79 Å². The van der Waals surface area contributed by atoms with Crippen molar-refractivity contribution >= 4 is 22.9 Å². The number of hydrogen-bond donors (Lipinski definition) is 3. The first-order valence-corrected chi connectivity index (χ1v) is 5.97. The first-order valence-electron chi connectivity index (χ1n) is 5.97. The highest BCUT2D eigenvalue weighted by molar-refractivity contribution is 6.05. The van der Waals surface area contributed by atoms with Crippen molar-refractivity contribution < 1.29 is 19.8 Å². The third kappa shape index (κ3) is 2.89. The van der Waals surface area contributed by atoms with E-state index in [4.69, 9.17) is 10.2 Å². The van der Waals surface area contributed by atoms with Crippen LogP contribution in [0.25, 0.3) is 11.0 Å². The summed E-state index contributed by atoms with van der Waals surface area (Å²) in [6.45, 7) is -0.327. The zero-order valence-corrected chi connectivity index (χ0v) is 10.5. The van der Waals surface area contributed by atoms with Crippen molar-refractivity contribution in [3.63, 3.8) is 0 Å². The van der Waals surface area contributed by atoms with Crippen LogP contribution in [0, 0.1) is 0 Å². The molecule has 0 aliphatic carbocycles. The maximum Gasteiger partial charge on any atom is 0.326 e. The number of aliphatic hydroxyl groups is 1. The van der Waals surface area contributed by atoms with E-state index >= 15 is 0 Å². The van der Waals surface area contributed by atoms with Crippen molar-refractivity contribution in [2.24, 2.45) is 0 Å². The van der Waals surface area contributed by atoms with Crippen LogP contribution >= 0.6 is 0 Å². The number of para-hydroxylation sites is 1. The molecule has 1 unspecified atom stereocenters. The van der Waals surface area contributed by atoms with E-state index in [1.54, 1.807) is 18.2 Å². The molecule has 0 saturated carbocycles. The number of aliphatic hydroxyl groups excluding tert-OH is 1. The molecule has 1 aromatic heterocycles.